The molecule has 2 aliphatic rings. The molecule has 140 valence electrons. The zero-order valence-electron chi connectivity index (χ0n) is 15.5. The first-order chi connectivity index (χ1) is 13.1. The molecule has 0 spiro atoms. The highest BCUT2D eigenvalue weighted by atomic mass is 16.2. The molecule has 5 nitrogen and oxygen atoms in total. The van der Waals surface area contributed by atoms with Crippen LogP contribution >= 0.6 is 0 Å². The summed E-state index contributed by atoms with van der Waals surface area (Å²) in [7, 11) is 0. The molecule has 3 unspecified atom stereocenters. The lowest BCUT2D eigenvalue weighted by molar-refractivity contribution is -0.123. The first kappa shape index (κ1) is 17.6. The third-order valence-electron chi connectivity index (χ3n) is 5.58. The molecule has 0 aromatic heterocycles. The van der Waals surface area contributed by atoms with Crippen molar-refractivity contribution in [3.8, 4) is 0 Å². The number of fused-ring (bicyclic) bond motifs is 1. The molecule has 2 amide bonds. The van der Waals surface area contributed by atoms with Crippen molar-refractivity contribution in [2.75, 3.05) is 11.9 Å². The second-order valence-corrected chi connectivity index (χ2v) is 7.57. The summed E-state index contributed by atoms with van der Waals surface area (Å²) in [4.78, 5) is 25.0. The minimum atomic E-state index is -0.275. The first-order valence-corrected chi connectivity index (χ1v) is 9.57. The van der Waals surface area contributed by atoms with Crippen LogP contribution in [-0.2, 0) is 16.0 Å². The first-order valence-electron chi connectivity index (χ1n) is 9.57. The van der Waals surface area contributed by atoms with Crippen molar-refractivity contribution in [3.05, 3.63) is 65.2 Å². The van der Waals surface area contributed by atoms with Crippen LogP contribution in [0.4, 0.5) is 5.69 Å². The maximum absolute atomic E-state index is 12.9. The molecule has 27 heavy (non-hydrogen) atoms. The topological polar surface area (TPSA) is 70.2 Å². The standard InChI is InChI=1S/C22H25N3O2/c1-14-6-5-9-16-11-19(25-21(14)16)22(27)24-18-10-17(13-23-20(26)12-18)15-7-3-2-4-8-15/h2-9,17-19,25H,10-13H2,1H3,(H,23,26)(H,24,27). The largest absolute Gasteiger partial charge is 0.373 e. The molecule has 0 radical (unpaired) electrons. The average Bonchev–Trinajstić information content (AvgIpc) is 3.03. The molecule has 4 rings (SSSR count). The van der Waals surface area contributed by atoms with Crippen LogP contribution in [0.1, 0.15) is 35.4 Å². The Morgan fingerprint density at radius 3 is 2.67 bits per heavy atom. The van der Waals surface area contributed by atoms with E-state index >= 15 is 0 Å². The van der Waals surface area contributed by atoms with E-state index in [4.69, 9.17) is 0 Å². The Kier molecular flexibility index (Phi) is 4.84. The zero-order chi connectivity index (χ0) is 18.8. The summed E-state index contributed by atoms with van der Waals surface area (Å²) in [6.45, 7) is 2.66. The molecule has 2 aromatic rings. The molecule has 3 N–H and O–H groups in total. The van der Waals surface area contributed by atoms with E-state index in [9.17, 15) is 9.59 Å². The van der Waals surface area contributed by atoms with Gasteiger partial charge in [-0.2, -0.15) is 0 Å². The maximum atomic E-state index is 12.9. The fourth-order valence-corrected chi connectivity index (χ4v) is 4.14. The van der Waals surface area contributed by atoms with E-state index in [0.717, 1.165) is 17.7 Å². The van der Waals surface area contributed by atoms with Crippen molar-refractivity contribution >= 4 is 17.5 Å². The van der Waals surface area contributed by atoms with Crippen molar-refractivity contribution in [1.29, 1.82) is 0 Å². The van der Waals surface area contributed by atoms with Crippen molar-refractivity contribution in [2.24, 2.45) is 0 Å². The number of hydrogen-bond donors (Lipinski definition) is 3. The van der Waals surface area contributed by atoms with E-state index in [1.54, 1.807) is 0 Å². The maximum Gasteiger partial charge on any atom is 0.243 e. The van der Waals surface area contributed by atoms with Crippen LogP contribution in [0.2, 0.25) is 0 Å². The van der Waals surface area contributed by atoms with Crippen LogP contribution in [-0.4, -0.2) is 30.4 Å². The molecule has 0 bridgehead atoms. The normalized spacial score (nSPS) is 24.3. The second-order valence-electron chi connectivity index (χ2n) is 7.57. The van der Waals surface area contributed by atoms with Crippen LogP contribution in [0.15, 0.2) is 48.5 Å². The summed E-state index contributed by atoms with van der Waals surface area (Å²) in [6.07, 6.45) is 1.77. The number of benzene rings is 2. The smallest absolute Gasteiger partial charge is 0.243 e. The van der Waals surface area contributed by atoms with E-state index in [1.807, 2.05) is 37.3 Å². The number of carbonyl (C=O) groups excluding carboxylic acids is 2. The van der Waals surface area contributed by atoms with Crippen LogP contribution < -0.4 is 16.0 Å². The third kappa shape index (κ3) is 3.82. The van der Waals surface area contributed by atoms with Gasteiger partial charge >= 0.3 is 0 Å². The van der Waals surface area contributed by atoms with E-state index in [-0.39, 0.29) is 29.8 Å². The number of rotatable bonds is 3. The fraction of sp³-hybridized carbons (Fsp3) is 0.364. The quantitative estimate of drug-likeness (QED) is 0.785. The monoisotopic (exact) mass is 363 g/mol. The predicted octanol–water partition coefficient (Wildman–Crippen LogP) is 2.51. The van der Waals surface area contributed by atoms with Crippen LogP contribution in [0.3, 0.4) is 0 Å². The number of aryl methyl sites for hydroxylation is 1. The van der Waals surface area contributed by atoms with Crippen molar-refractivity contribution in [2.45, 2.75) is 44.2 Å². The van der Waals surface area contributed by atoms with Gasteiger partial charge in [0.15, 0.2) is 0 Å². The number of para-hydroxylation sites is 1. The van der Waals surface area contributed by atoms with Crippen LogP contribution in [0.5, 0.6) is 0 Å². The van der Waals surface area contributed by atoms with Crippen molar-refractivity contribution in [1.82, 2.24) is 10.6 Å². The number of carbonyl (C=O) groups is 2. The molecule has 0 aliphatic carbocycles. The SMILES string of the molecule is Cc1cccc2c1NC(C(=O)NC1CC(=O)NCC(c3ccccc3)C1)C2. The zero-order valence-corrected chi connectivity index (χ0v) is 15.5. The molecular weight excluding hydrogens is 338 g/mol. The molecule has 3 atom stereocenters. The van der Waals surface area contributed by atoms with Gasteiger partial charge in [0.05, 0.1) is 0 Å². The molecular formula is C22H25N3O2. The lowest BCUT2D eigenvalue weighted by atomic mass is 9.92. The predicted molar refractivity (Wildman–Crippen MR) is 106 cm³/mol. The molecule has 2 aromatic carbocycles. The molecule has 5 heteroatoms. The summed E-state index contributed by atoms with van der Waals surface area (Å²) in [6, 6.07) is 15.9. The number of hydrogen-bond acceptors (Lipinski definition) is 3. The van der Waals surface area contributed by atoms with E-state index in [0.29, 0.717) is 19.4 Å². The molecule has 1 fully saturated rings. The summed E-state index contributed by atoms with van der Waals surface area (Å²) >= 11 is 0. The highest BCUT2D eigenvalue weighted by molar-refractivity contribution is 5.88. The minimum absolute atomic E-state index is 0.00255. The van der Waals surface area contributed by atoms with Gasteiger partial charge in [-0.3, -0.25) is 9.59 Å². The highest BCUT2D eigenvalue weighted by Gasteiger charge is 2.31. The Balaban J connectivity index is 1.44. The van der Waals surface area contributed by atoms with Gasteiger partial charge in [0.1, 0.15) is 6.04 Å². The lowest BCUT2D eigenvalue weighted by Crippen LogP contribution is -2.45. The average molecular weight is 363 g/mol. The molecule has 2 heterocycles. The number of amides is 2. The molecule has 2 aliphatic heterocycles. The van der Waals surface area contributed by atoms with Crippen LogP contribution in [0, 0.1) is 6.92 Å². The minimum Gasteiger partial charge on any atom is -0.373 e. The van der Waals surface area contributed by atoms with Crippen LogP contribution in [0.25, 0.3) is 0 Å². The van der Waals surface area contributed by atoms with Gasteiger partial charge in [0.2, 0.25) is 11.8 Å². The van der Waals surface area contributed by atoms with Crippen molar-refractivity contribution in [3.63, 3.8) is 0 Å². The number of anilines is 1. The summed E-state index contributed by atoms with van der Waals surface area (Å²) < 4.78 is 0. The Morgan fingerprint density at radius 1 is 1.07 bits per heavy atom. The van der Waals surface area contributed by atoms with Gasteiger partial charge in [-0.05, 0) is 30.0 Å². The number of nitrogens with one attached hydrogen (secondary N) is 3. The summed E-state index contributed by atoms with van der Waals surface area (Å²) in [5, 5.41) is 9.45. The van der Waals surface area contributed by atoms with Gasteiger partial charge in [-0.25, -0.2) is 0 Å². The molecule has 0 saturated carbocycles. The van der Waals surface area contributed by atoms with Gasteiger partial charge in [0.25, 0.3) is 0 Å². The summed E-state index contributed by atoms with van der Waals surface area (Å²) in [5.74, 6) is 0.174. The van der Waals surface area contributed by atoms with Gasteiger partial charge in [-0.1, -0.05) is 48.5 Å². The van der Waals surface area contributed by atoms with E-state index in [2.05, 4.69) is 34.1 Å². The Morgan fingerprint density at radius 2 is 1.89 bits per heavy atom. The lowest BCUT2D eigenvalue weighted by Gasteiger charge is -2.22. The highest BCUT2D eigenvalue weighted by Crippen LogP contribution is 2.29. The Bertz CT molecular complexity index is 850. The Hall–Kier alpha value is -2.82. The van der Waals surface area contributed by atoms with E-state index < -0.39 is 0 Å². The van der Waals surface area contributed by atoms with E-state index in [1.165, 1.54) is 11.1 Å². The fourth-order valence-electron chi connectivity index (χ4n) is 4.14. The van der Waals surface area contributed by atoms with Gasteiger partial charge in [-0.15, -0.1) is 0 Å². The van der Waals surface area contributed by atoms with Crippen molar-refractivity contribution < 1.29 is 9.59 Å². The third-order valence-corrected chi connectivity index (χ3v) is 5.58. The summed E-state index contributed by atoms with van der Waals surface area (Å²) in [5.41, 5.74) is 4.59. The molecule has 1 saturated heterocycles. The second kappa shape index (κ2) is 7.43. The Labute approximate surface area is 159 Å². The van der Waals surface area contributed by atoms with Gasteiger partial charge < -0.3 is 16.0 Å². The van der Waals surface area contributed by atoms with Gasteiger partial charge in [0, 0.05) is 37.0 Å².